The zero-order chi connectivity index (χ0) is 12.3. The molecule has 0 unspecified atom stereocenters. The van der Waals surface area contributed by atoms with Crippen LogP contribution in [0.3, 0.4) is 0 Å². The summed E-state index contributed by atoms with van der Waals surface area (Å²) in [6.45, 7) is 5.69. The fraction of sp³-hybridized carbons (Fsp3) is 0.176. The first-order valence-electron chi connectivity index (χ1n) is 6.09. The number of hydrogen-bond acceptors (Lipinski definition) is 0. The van der Waals surface area contributed by atoms with E-state index >= 15 is 0 Å². The average Bonchev–Trinajstić information content (AvgIpc) is 2.42. The number of benzene rings is 2. The standard InChI is InChI=1S/C12H10.C5H10/c1-3-7-11(8-4-1)12-9-5-2-6-10-12;1-3-5-4-2/h1-10H;3H,1,4-5H2,2H3. The Balaban J connectivity index is 0.000000249. The second kappa shape index (κ2) is 8.35. The van der Waals surface area contributed by atoms with E-state index in [2.05, 4.69) is 62.0 Å². The maximum Gasteiger partial charge on any atom is -0.0184 e. The molecular weight excluding hydrogens is 204 g/mol. The van der Waals surface area contributed by atoms with Gasteiger partial charge < -0.3 is 0 Å². The highest BCUT2D eigenvalue weighted by Crippen LogP contribution is 2.17. The lowest BCUT2D eigenvalue weighted by molar-refractivity contribution is 0.961. The molecule has 0 aliphatic heterocycles. The second-order valence-electron chi connectivity index (χ2n) is 3.81. The van der Waals surface area contributed by atoms with Crippen LogP contribution < -0.4 is 0 Å². The zero-order valence-electron chi connectivity index (χ0n) is 10.5. The molecule has 0 aliphatic carbocycles. The molecular formula is C17H20. The quantitative estimate of drug-likeness (QED) is 0.618. The van der Waals surface area contributed by atoms with Gasteiger partial charge in [0.25, 0.3) is 0 Å². The number of allylic oxidation sites excluding steroid dienone is 1. The summed E-state index contributed by atoms with van der Waals surface area (Å²) in [6, 6.07) is 20.8. The van der Waals surface area contributed by atoms with Crippen molar-refractivity contribution in [1.82, 2.24) is 0 Å². The maximum atomic E-state index is 3.55. The van der Waals surface area contributed by atoms with Gasteiger partial charge in [-0.2, -0.15) is 0 Å². The molecule has 0 aliphatic rings. The summed E-state index contributed by atoms with van der Waals surface area (Å²) >= 11 is 0. The van der Waals surface area contributed by atoms with Crippen molar-refractivity contribution in [2.24, 2.45) is 0 Å². The van der Waals surface area contributed by atoms with Crippen molar-refractivity contribution in [3.05, 3.63) is 73.3 Å². The first-order chi connectivity index (χ1) is 8.38. The van der Waals surface area contributed by atoms with Crippen LogP contribution in [-0.2, 0) is 0 Å². The highest BCUT2D eigenvalue weighted by atomic mass is 14.0. The van der Waals surface area contributed by atoms with Gasteiger partial charge in [-0.25, -0.2) is 0 Å². The van der Waals surface area contributed by atoms with Crippen molar-refractivity contribution in [2.75, 3.05) is 0 Å². The Kier molecular flexibility index (Phi) is 6.50. The van der Waals surface area contributed by atoms with E-state index in [1.54, 1.807) is 0 Å². The normalized spacial score (nSPS) is 9.00. The summed E-state index contributed by atoms with van der Waals surface area (Å²) in [5.41, 5.74) is 2.55. The van der Waals surface area contributed by atoms with Gasteiger partial charge in [-0.1, -0.05) is 80.1 Å². The predicted octanol–water partition coefficient (Wildman–Crippen LogP) is 5.33. The molecule has 0 saturated carbocycles. The van der Waals surface area contributed by atoms with Gasteiger partial charge in [-0.05, 0) is 17.5 Å². The molecule has 0 spiro atoms. The topological polar surface area (TPSA) is 0 Å². The van der Waals surface area contributed by atoms with Crippen molar-refractivity contribution in [2.45, 2.75) is 19.8 Å². The lowest BCUT2D eigenvalue weighted by atomic mass is 10.1. The van der Waals surface area contributed by atoms with Gasteiger partial charge in [0.05, 0.1) is 0 Å². The molecule has 0 saturated heterocycles. The summed E-state index contributed by atoms with van der Waals surface area (Å²) in [7, 11) is 0. The van der Waals surface area contributed by atoms with Crippen molar-refractivity contribution in [1.29, 1.82) is 0 Å². The van der Waals surface area contributed by atoms with Crippen molar-refractivity contribution >= 4 is 0 Å². The highest BCUT2D eigenvalue weighted by molar-refractivity contribution is 5.62. The number of rotatable bonds is 3. The molecule has 0 fully saturated rings. The Hall–Kier alpha value is -1.82. The van der Waals surface area contributed by atoms with E-state index in [4.69, 9.17) is 0 Å². The first-order valence-corrected chi connectivity index (χ1v) is 6.09. The lowest BCUT2D eigenvalue weighted by Gasteiger charge is -1.98. The molecule has 2 aromatic carbocycles. The van der Waals surface area contributed by atoms with Gasteiger partial charge in [0.1, 0.15) is 0 Å². The lowest BCUT2D eigenvalue weighted by Crippen LogP contribution is -1.73. The van der Waals surface area contributed by atoms with Crippen LogP contribution >= 0.6 is 0 Å². The van der Waals surface area contributed by atoms with Crippen molar-refractivity contribution in [3.63, 3.8) is 0 Å². The minimum absolute atomic E-state index is 1.15. The molecule has 0 N–H and O–H groups in total. The Bertz CT molecular complexity index is 363. The molecule has 0 nitrogen and oxygen atoms in total. The van der Waals surface area contributed by atoms with E-state index in [1.807, 2.05) is 18.2 Å². The van der Waals surface area contributed by atoms with E-state index in [-0.39, 0.29) is 0 Å². The monoisotopic (exact) mass is 224 g/mol. The maximum absolute atomic E-state index is 3.55. The minimum atomic E-state index is 1.15. The Morgan fingerprint density at radius 2 is 1.24 bits per heavy atom. The smallest absolute Gasteiger partial charge is 0.0184 e. The van der Waals surface area contributed by atoms with Gasteiger partial charge in [0.2, 0.25) is 0 Å². The SMILES string of the molecule is C=CCCC.c1ccc(-c2ccccc2)cc1. The van der Waals surface area contributed by atoms with Crippen LogP contribution in [-0.4, -0.2) is 0 Å². The van der Waals surface area contributed by atoms with Gasteiger partial charge in [0.15, 0.2) is 0 Å². The van der Waals surface area contributed by atoms with Gasteiger partial charge in [-0.3, -0.25) is 0 Å². The third-order valence-corrected chi connectivity index (χ3v) is 2.37. The fourth-order valence-electron chi connectivity index (χ4n) is 1.47. The third-order valence-electron chi connectivity index (χ3n) is 2.37. The molecule has 17 heavy (non-hydrogen) atoms. The molecule has 2 rings (SSSR count). The van der Waals surface area contributed by atoms with Crippen molar-refractivity contribution in [3.8, 4) is 11.1 Å². The molecule has 0 atom stereocenters. The molecule has 2 aromatic rings. The van der Waals surface area contributed by atoms with Crippen LogP contribution in [0.2, 0.25) is 0 Å². The minimum Gasteiger partial charge on any atom is -0.103 e. The summed E-state index contributed by atoms with van der Waals surface area (Å²) < 4.78 is 0. The van der Waals surface area contributed by atoms with E-state index in [0.717, 1.165) is 6.42 Å². The first kappa shape index (κ1) is 13.2. The summed E-state index contributed by atoms with van der Waals surface area (Å²) in [4.78, 5) is 0. The van der Waals surface area contributed by atoms with Crippen LogP contribution in [0.5, 0.6) is 0 Å². The largest absolute Gasteiger partial charge is 0.103 e. The van der Waals surface area contributed by atoms with Crippen LogP contribution in [0.1, 0.15) is 19.8 Å². The molecule has 0 radical (unpaired) electrons. The van der Waals surface area contributed by atoms with E-state index < -0.39 is 0 Å². The average molecular weight is 224 g/mol. The fourth-order valence-corrected chi connectivity index (χ4v) is 1.47. The van der Waals surface area contributed by atoms with Gasteiger partial charge >= 0.3 is 0 Å². The van der Waals surface area contributed by atoms with Crippen LogP contribution in [0, 0.1) is 0 Å². The predicted molar refractivity (Wildman–Crippen MR) is 77.0 cm³/mol. The Morgan fingerprint density at radius 3 is 1.47 bits per heavy atom. The molecule has 0 amide bonds. The van der Waals surface area contributed by atoms with Crippen LogP contribution in [0.4, 0.5) is 0 Å². The molecule has 0 heteroatoms. The summed E-state index contributed by atoms with van der Waals surface area (Å²) in [5, 5.41) is 0. The van der Waals surface area contributed by atoms with Crippen LogP contribution in [0.15, 0.2) is 73.3 Å². The van der Waals surface area contributed by atoms with Crippen LogP contribution in [0.25, 0.3) is 11.1 Å². The Labute approximate surface area is 105 Å². The second-order valence-corrected chi connectivity index (χ2v) is 3.81. The summed E-state index contributed by atoms with van der Waals surface area (Å²) in [6.07, 6.45) is 4.31. The van der Waals surface area contributed by atoms with E-state index in [1.165, 1.54) is 17.5 Å². The highest BCUT2D eigenvalue weighted by Gasteiger charge is 1.91. The zero-order valence-corrected chi connectivity index (χ0v) is 10.5. The summed E-state index contributed by atoms with van der Waals surface area (Å²) in [5.74, 6) is 0. The third kappa shape index (κ3) is 5.17. The van der Waals surface area contributed by atoms with Gasteiger partial charge in [-0.15, -0.1) is 6.58 Å². The van der Waals surface area contributed by atoms with Gasteiger partial charge in [0, 0.05) is 0 Å². The number of unbranched alkanes of at least 4 members (excludes halogenated alkanes) is 1. The molecule has 0 heterocycles. The molecule has 0 bridgehead atoms. The molecule has 88 valence electrons. The number of hydrogen-bond donors (Lipinski definition) is 0. The van der Waals surface area contributed by atoms with Crippen molar-refractivity contribution < 1.29 is 0 Å². The van der Waals surface area contributed by atoms with E-state index in [9.17, 15) is 0 Å². The van der Waals surface area contributed by atoms with E-state index in [0.29, 0.717) is 0 Å². The Morgan fingerprint density at radius 1 is 0.824 bits per heavy atom. The molecule has 0 aromatic heterocycles.